The number of hydrogen-bond acceptors (Lipinski definition) is 5. The number of halogens is 1. The molecule has 2 atom stereocenters. The fourth-order valence-electron chi connectivity index (χ4n) is 1.70. The van der Waals surface area contributed by atoms with Crippen LogP contribution in [0.5, 0.6) is 0 Å². The largest absolute Gasteiger partial charge is 0.374 e. The Morgan fingerprint density at radius 2 is 2.22 bits per heavy atom. The Bertz CT molecular complexity index is 331. The summed E-state index contributed by atoms with van der Waals surface area (Å²) in [6.07, 6.45) is 1.62. The lowest BCUT2D eigenvalue weighted by molar-refractivity contribution is -0.0184. The van der Waals surface area contributed by atoms with Gasteiger partial charge in [-0.25, -0.2) is 0 Å². The number of ether oxygens (including phenoxy) is 1. The number of rotatable bonds is 7. The second-order valence-corrected chi connectivity index (χ2v) is 7.39. The third-order valence-electron chi connectivity index (χ3n) is 2.38. The molecule has 0 spiro atoms. The summed E-state index contributed by atoms with van der Waals surface area (Å²) in [5.74, 6) is 0. The summed E-state index contributed by atoms with van der Waals surface area (Å²) in [5, 5.41) is 0. The van der Waals surface area contributed by atoms with Crippen molar-refractivity contribution in [3.8, 4) is 0 Å². The van der Waals surface area contributed by atoms with Crippen LogP contribution in [0.1, 0.15) is 26.7 Å². The van der Waals surface area contributed by atoms with Crippen molar-refractivity contribution in [1.82, 2.24) is 9.44 Å². The molecule has 1 saturated heterocycles. The predicted octanol–water partition coefficient (Wildman–Crippen LogP) is 1.38. The molecule has 0 aromatic heterocycles. The molecule has 1 rings (SSSR count). The van der Waals surface area contributed by atoms with E-state index in [-0.39, 0.29) is 18.2 Å². The first-order chi connectivity index (χ1) is 8.43. The molecule has 9 heteroatoms. The van der Waals surface area contributed by atoms with E-state index in [9.17, 15) is 8.42 Å². The van der Waals surface area contributed by atoms with Gasteiger partial charge in [0, 0.05) is 33.3 Å². The minimum Gasteiger partial charge on any atom is -0.374 e. The molecule has 0 unspecified atom stereocenters. The van der Waals surface area contributed by atoms with Crippen molar-refractivity contribution < 1.29 is 17.3 Å². The van der Waals surface area contributed by atoms with Gasteiger partial charge in [0.05, 0.1) is 28.5 Å². The maximum absolute atomic E-state index is 11.7. The Kier molecular flexibility index (Phi) is 7.73. The zero-order chi connectivity index (χ0) is 13.6. The van der Waals surface area contributed by atoms with Crippen LogP contribution >= 0.6 is 30.4 Å². The van der Waals surface area contributed by atoms with Gasteiger partial charge >= 0.3 is 0 Å². The summed E-state index contributed by atoms with van der Waals surface area (Å²) in [6.45, 7) is 4.49. The topological polar surface area (TPSA) is 76.7 Å². The lowest BCUT2D eigenvalue weighted by Crippen LogP contribution is -2.49. The van der Waals surface area contributed by atoms with Gasteiger partial charge in [0.25, 0.3) is 10.2 Å². The van der Waals surface area contributed by atoms with Crippen LogP contribution in [-0.4, -0.2) is 39.8 Å². The van der Waals surface area contributed by atoms with E-state index >= 15 is 0 Å². The van der Waals surface area contributed by atoms with Crippen LogP contribution in [0.25, 0.3) is 0 Å². The van der Waals surface area contributed by atoms with Gasteiger partial charge < -0.3 is 8.92 Å². The van der Waals surface area contributed by atoms with Crippen molar-refractivity contribution in [2.24, 2.45) is 0 Å². The molecule has 1 aliphatic rings. The minimum atomic E-state index is -3.43. The molecular weight excluding hydrogens is 391 g/mol. The molecule has 0 aromatic carbocycles. The molecule has 2 N–H and O–H groups in total. The van der Waals surface area contributed by atoms with Crippen LogP contribution in [0.3, 0.4) is 0 Å². The standard InChI is InChI=1S/C9H19IN2O4S2/c1-7(2)11-18(13,14)12-8-3-4-9(15-5-8)6-16-17-10/h7-9,11-12H,3-6H2,1-2H3/t8-,9+/m1/s1. The van der Waals surface area contributed by atoms with Gasteiger partial charge in [-0.2, -0.15) is 17.9 Å². The van der Waals surface area contributed by atoms with Gasteiger partial charge in [0.1, 0.15) is 0 Å². The molecule has 0 amide bonds. The van der Waals surface area contributed by atoms with Crippen LogP contribution < -0.4 is 9.44 Å². The van der Waals surface area contributed by atoms with E-state index in [0.29, 0.717) is 13.2 Å². The summed E-state index contributed by atoms with van der Waals surface area (Å²) >= 11 is 2.06. The molecule has 1 fully saturated rings. The molecule has 0 aliphatic carbocycles. The first kappa shape index (κ1) is 16.9. The fourth-order valence-corrected chi connectivity index (χ4v) is 3.65. The van der Waals surface area contributed by atoms with E-state index in [1.54, 1.807) is 13.8 Å². The Balaban J connectivity index is 2.31. The monoisotopic (exact) mass is 410 g/mol. The van der Waals surface area contributed by atoms with Crippen LogP contribution in [0, 0.1) is 0 Å². The van der Waals surface area contributed by atoms with Crippen molar-refractivity contribution in [2.45, 2.75) is 44.9 Å². The molecule has 18 heavy (non-hydrogen) atoms. The quantitative estimate of drug-likeness (QED) is 0.490. The molecule has 1 heterocycles. The molecule has 0 radical (unpaired) electrons. The molecule has 1 aliphatic heterocycles. The first-order valence-electron chi connectivity index (χ1n) is 5.74. The van der Waals surface area contributed by atoms with E-state index < -0.39 is 10.2 Å². The Labute approximate surface area is 125 Å². The molecule has 0 aromatic rings. The average Bonchev–Trinajstić information content (AvgIpc) is 2.26. The van der Waals surface area contributed by atoms with Crippen LogP contribution in [0.2, 0.25) is 0 Å². The molecule has 0 saturated carbocycles. The van der Waals surface area contributed by atoms with Crippen LogP contribution in [-0.2, 0) is 19.1 Å². The summed E-state index contributed by atoms with van der Waals surface area (Å²) in [7, 11) is -2.15. The smallest absolute Gasteiger partial charge is 0.277 e. The number of nitrogens with one attached hydrogen (secondary N) is 2. The zero-order valence-electron chi connectivity index (χ0n) is 10.4. The second kappa shape index (κ2) is 8.22. The Hall–Kier alpha value is 0.870. The summed E-state index contributed by atoms with van der Waals surface area (Å²) < 4.78 is 39.1. The Morgan fingerprint density at radius 1 is 1.50 bits per heavy atom. The zero-order valence-corrected chi connectivity index (χ0v) is 14.2. The SMILES string of the molecule is CC(C)NS(=O)(=O)N[C@@H]1CC[C@@H](COSI)OC1. The Morgan fingerprint density at radius 3 is 2.72 bits per heavy atom. The summed E-state index contributed by atoms with van der Waals surface area (Å²) in [5.41, 5.74) is 0. The maximum atomic E-state index is 11.7. The van der Waals surface area contributed by atoms with Gasteiger partial charge in [-0.15, -0.1) is 0 Å². The summed E-state index contributed by atoms with van der Waals surface area (Å²) in [4.78, 5) is 0. The highest BCUT2D eigenvalue weighted by molar-refractivity contribution is 14.2. The first-order valence-corrected chi connectivity index (χ1v) is 10.5. The minimum absolute atomic E-state index is 0.0612. The molecular formula is C9H19IN2O4S2. The van der Waals surface area contributed by atoms with Crippen molar-refractivity contribution >= 4 is 40.6 Å². The molecule has 0 bridgehead atoms. The fraction of sp³-hybridized carbons (Fsp3) is 1.00. The van der Waals surface area contributed by atoms with E-state index in [1.807, 2.05) is 0 Å². The lowest BCUT2D eigenvalue weighted by Gasteiger charge is -2.29. The maximum Gasteiger partial charge on any atom is 0.277 e. The van der Waals surface area contributed by atoms with Crippen LogP contribution in [0.15, 0.2) is 0 Å². The third kappa shape index (κ3) is 6.87. The van der Waals surface area contributed by atoms with E-state index in [2.05, 4.69) is 30.6 Å². The van der Waals surface area contributed by atoms with Crippen LogP contribution in [0.4, 0.5) is 0 Å². The predicted molar refractivity (Wildman–Crippen MR) is 80.7 cm³/mol. The van der Waals surface area contributed by atoms with Crippen molar-refractivity contribution in [3.05, 3.63) is 0 Å². The number of hydrogen-bond donors (Lipinski definition) is 2. The summed E-state index contributed by atoms with van der Waals surface area (Å²) in [6, 6.07) is -0.279. The highest BCUT2D eigenvalue weighted by Gasteiger charge is 2.25. The molecule has 108 valence electrons. The van der Waals surface area contributed by atoms with Gasteiger partial charge in [0.15, 0.2) is 0 Å². The molecule has 6 nitrogen and oxygen atoms in total. The van der Waals surface area contributed by atoms with Gasteiger partial charge in [-0.05, 0) is 26.7 Å². The normalized spacial score (nSPS) is 25.6. The van der Waals surface area contributed by atoms with Gasteiger partial charge in [-0.1, -0.05) is 0 Å². The van der Waals surface area contributed by atoms with E-state index in [0.717, 1.165) is 12.8 Å². The second-order valence-electron chi connectivity index (χ2n) is 4.47. The van der Waals surface area contributed by atoms with Crippen molar-refractivity contribution in [2.75, 3.05) is 13.2 Å². The van der Waals surface area contributed by atoms with E-state index in [1.165, 1.54) is 9.21 Å². The third-order valence-corrected chi connectivity index (χ3v) is 4.79. The average molecular weight is 410 g/mol. The lowest BCUT2D eigenvalue weighted by atomic mass is 10.1. The van der Waals surface area contributed by atoms with E-state index in [4.69, 9.17) is 8.92 Å². The van der Waals surface area contributed by atoms with Crippen molar-refractivity contribution in [3.63, 3.8) is 0 Å². The van der Waals surface area contributed by atoms with Gasteiger partial charge in [0.2, 0.25) is 0 Å². The highest BCUT2D eigenvalue weighted by atomic mass is 127. The van der Waals surface area contributed by atoms with Crippen molar-refractivity contribution in [1.29, 1.82) is 0 Å². The van der Waals surface area contributed by atoms with Gasteiger partial charge in [-0.3, -0.25) is 0 Å². The highest BCUT2D eigenvalue weighted by Crippen LogP contribution is 2.18.